The van der Waals surface area contributed by atoms with Crippen molar-refractivity contribution in [1.29, 1.82) is 0 Å². The maximum absolute atomic E-state index is 12.8. The summed E-state index contributed by atoms with van der Waals surface area (Å²) in [7, 11) is 2.37. The predicted molar refractivity (Wildman–Crippen MR) is 295 cm³/mol. The first kappa shape index (κ1) is 55.5. The summed E-state index contributed by atoms with van der Waals surface area (Å²) in [4.78, 5) is 35.0. The minimum absolute atomic E-state index is 0.0638. The molecule has 74 heavy (non-hydrogen) atoms. The molecule has 0 saturated carbocycles. The number of ether oxygens (including phenoxy) is 2. The molecule has 0 unspecified atom stereocenters. The Bertz CT molecular complexity index is 3120. The molecule has 6 aromatic rings. The van der Waals surface area contributed by atoms with E-state index in [-0.39, 0.29) is 55.0 Å². The van der Waals surface area contributed by atoms with E-state index in [9.17, 15) is 16.8 Å². The monoisotopic (exact) mass is 1090 g/mol. The van der Waals surface area contributed by atoms with Crippen LogP contribution >= 0.6 is 23.2 Å². The molecule has 24 heteroatoms. The van der Waals surface area contributed by atoms with Gasteiger partial charge in [-0.25, -0.2) is 36.8 Å². The second kappa shape index (κ2) is 24.4. The highest BCUT2D eigenvalue weighted by Gasteiger charge is 2.27. The van der Waals surface area contributed by atoms with Crippen molar-refractivity contribution in [2.24, 2.45) is 0 Å². The number of nitrogens with zero attached hydrogens (tertiary/aromatic N) is 10. The van der Waals surface area contributed by atoms with Gasteiger partial charge in [0, 0.05) is 81.2 Å². The molecule has 0 amide bonds. The number of likely N-dealkylation sites (N-methyl/N-ethyl adjacent to an activating group) is 1. The zero-order valence-electron chi connectivity index (χ0n) is 43.0. The maximum Gasteiger partial charge on any atom is 0.229 e. The summed E-state index contributed by atoms with van der Waals surface area (Å²) in [5.41, 5.74) is 4.13. The Hall–Kier alpha value is -6.30. The first-order valence-corrected chi connectivity index (χ1v) is 27.9. The fourth-order valence-corrected chi connectivity index (χ4v) is 10.5. The SMILES string of the molecule is COc1cc(N2CCC(N(C)C)CC2)ccc1Nc1ncc(Cl)c(Nc2cccnc2S(=O)(=O)C(C)C)n1.COc1cc(N2CCN(C)CC2)ccc1Nc1ncc(Cl)c(Nc2cccnc2S(=O)(=O)C(C)C)n1. The normalized spacial score (nSPS) is 14.7. The van der Waals surface area contributed by atoms with E-state index in [0.717, 1.165) is 63.5 Å². The van der Waals surface area contributed by atoms with Crippen molar-refractivity contribution < 1.29 is 26.3 Å². The topological polar surface area (TPSA) is 225 Å². The van der Waals surface area contributed by atoms with Gasteiger partial charge >= 0.3 is 0 Å². The summed E-state index contributed by atoms with van der Waals surface area (Å²) in [5.74, 6) is 2.34. The fraction of sp³-hybridized carbons (Fsp3) is 0.400. The first-order chi connectivity index (χ1) is 35.3. The van der Waals surface area contributed by atoms with Gasteiger partial charge in [-0.2, -0.15) is 9.97 Å². The van der Waals surface area contributed by atoms with E-state index in [0.29, 0.717) is 28.9 Å². The summed E-state index contributed by atoms with van der Waals surface area (Å²) in [5, 5.41) is 11.4. The van der Waals surface area contributed by atoms with Crippen LogP contribution in [0.2, 0.25) is 10.0 Å². The summed E-state index contributed by atoms with van der Waals surface area (Å²) in [6.07, 6.45) is 7.99. The number of methoxy groups -OCH3 is 2. The van der Waals surface area contributed by atoms with Crippen molar-refractivity contribution in [2.75, 3.05) is 106 Å². The number of anilines is 10. The highest BCUT2D eigenvalue weighted by molar-refractivity contribution is 7.92. The third kappa shape index (κ3) is 13.3. The smallest absolute Gasteiger partial charge is 0.229 e. The molecule has 6 heterocycles. The van der Waals surface area contributed by atoms with Crippen molar-refractivity contribution in [2.45, 2.75) is 67.1 Å². The Morgan fingerprint density at radius 2 is 1.01 bits per heavy atom. The molecule has 0 spiro atoms. The fourth-order valence-electron chi connectivity index (χ4n) is 8.06. The van der Waals surface area contributed by atoms with E-state index in [1.807, 2.05) is 30.3 Å². The predicted octanol–water partition coefficient (Wildman–Crippen LogP) is 8.69. The number of hydrogen-bond acceptors (Lipinski definition) is 20. The van der Waals surface area contributed by atoms with Crippen LogP contribution in [0, 0.1) is 0 Å². The van der Waals surface area contributed by atoms with E-state index in [2.05, 4.69) is 98.0 Å². The quantitative estimate of drug-likeness (QED) is 0.0670. The molecule has 4 N–H and O–H groups in total. The van der Waals surface area contributed by atoms with Gasteiger partial charge < -0.3 is 50.3 Å². The van der Waals surface area contributed by atoms with Crippen LogP contribution in [0.4, 0.5) is 57.7 Å². The lowest BCUT2D eigenvalue weighted by Crippen LogP contribution is -2.44. The van der Waals surface area contributed by atoms with Gasteiger partial charge in [-0.3, -0.25) is 0 Å². The van der Waals surface area contributed by atoms with Crippen LogP contribution in [0.1, 0.15) is 40.5 Å². The van der Waals surface area contributed by atoms with Crippen molar-refractivity contribution in [1.82, 2.24) is 39.7 Å². The highest BCUT2D eigenvalue weighted by atomic mass is 35.5. The van der Waals surface area contributed by atoms with Gasteiger partial charge in [-0.1, -0.05) is 23.2 Å². The van der Waals surface area contributed by atoms with Crippen LogP contribution < -0.4 is 40.5 Å². The van der Waals surface area contributed by atoms with Crippen molar-refractivity contribution >= 4 is 101 Å². The Morgan fingerprint density at radius 3 is 1.41 bits per heavy atom. The largest absolute Gasteiger partial charge is 0.494 e. The molecule has 396 valence electrons. The van der Waals surface area contributed by atoms with Gasteiger partial charge in [0.05, 0.1) is 59.9 Å². The lowest BCUT2D eigenvalue weighted by Gasteiger charge is -2.36. The number of rotatable bonds is 17. The molecule has 0 atom stereocenters. The van der Waals surface area contributed by atoms with Gasteiger partial charge in [0.25, 0.3) is 0 Å². The first-order valence-electron chi connectivity index (χ1n) is 24.0. The second-order valence-electron chi connectivity index (χ2n) is 18.4. The molecular formula is C50H64Cl2N14O6S2. The Balaban J connectivity index is 0.000000217. The lowest BCUT2D eigenvalue weighted by atomic mass is 10.0. The zero-order valence-corrected chi connectivity index (χ0v) is 46.1. The molecule has 2 fully saturated rings. The average Bonchev–Trinajstić information content (AvgIpc) is 3.39. The number of halogens is 2. The molecule has 4 aromatic heterocycles. The molecule has 2 aromatic carbocycles. The molecule has 0 bridgehead atoms. The van der Waals surface area contributed by atoms with Gasteiger partial charge in [0.2, 0.25) is 11.9 Å². The van der Waals surface area contributed by atoms with Gasteiger partial charge in [0.15, 0.2) is 41.4 Å². The molecule has 0 aliphatic carbocycles. The number of sulfone groups is 2. The minimum atomic E-state index is -3.63. The van der Waals surface area contributed by atoms with E-state index in [4.69, 9.17) is 32.7 Å². The molecule has 2 aliphatic rings. The van der Waals surface area contributed by atoms with Crippen LogP contribution in [0.5, 0.6) is 11.5 Å². The van der Waals surface area contributed by atoms with Crippen LogP contribution in [0.3, 0.4) is 0 Å². The summed E-state index contributed by atoms with van der Waals surface area (Å²) in [6.45, 7) is 12.3. The Morgan fingerprint density at radius 1 is 0.595 bits per heavy atom. The number of benzene rings is 2. The molecule has 20 nitrogen and oxygen atoms in total. The van der Waals surface area contributed by atoms with E-state index in [1.165, 1.54) is 24.8 Å². The zero-order chi connectivity index (χ0) is 53.3. The summed E-state index contributed by atoms with van der Waals surface area (Å²) in [6, 6.07) is 19.1. The molecule has 0 radical (unpaired) electrons. The second-order valence-corrected chi connectivity index (χ2v) is 24.1. The third-order valence-electron chi connectivity index (χ3n) is 12.6. The number of piperidine rings is 1. The maximum atomic E-state index is 12.8. The standard InChI is InChI=1S/C26H34ClN7O3S.C24H30ClN7O3S/c1-17(2)38(35,36)25-22(7-6-12-28-25)30-24-20(27)16-29-26(32-24)31-21-9-8-19(15-23(21)37-5)34-13-10-18(11-14-34)33(3)4;1-16(2)36(33,34)23-20(6-5-9-26-23)28-22-18(25)15-27-24(30-22)29-19-8-7-17(14-21(19)35-4)32-12-10-31(3)11-13-32/h6-9,12,15-18H,10-11,13-14H2,1-5H3,(H2,29,30,31,32);5-9,14-16H,10-13H2,1-4H3,(H2,27,28,29,30). The van der Waals surface area contributed by atoms with Gasteiger partial charge in [-0.05, 0) is 110 Å². The van der Waals surface area contributed by atoms with Crippen molar-refractivity contribution in [3.8, 4) is 11.5 Å². The number of hydrogen-bond donors (Lipinski definition) is 4. The molecule has 2 saturated heterocycles. The van der Waals surface area contributed by atoms with Crippen LogP contribution in [-0.2, 0) is 19.7 Å². The number of piperazine rings is 1. The third-order valence-corrected chi connectivity index (χ3v) is 17.4. The van der Waals surface area contributed by atoms with Crippen LogP contribution in [0.25, 0.3) is 0 Å². The molecule has 2 aliphatic heterocycles. The van der Waals surface area contributed by atoms with Crippen LogP contribution in [0.15, 0.2) is 95.5 Å². The highest BCUT2D eigenvalue weighted by Crippen LogP contribution is 2.36. The van der Waals surface area contributed by atoms with Crippen LogP contribution in [-0.4, -0.2) is 148 Å². The Kier molecular flexibility index (Phi) is 18.3. The number of aromatic nitrogens is 6. The molecule has 8 rings (SSSR count). The van der Waals surface area contributed by atoms with E-state index >= 15 is 0 Å². The lowest BCUT2D eigenvalue weighted by molar-refractivity contribution is 0.249. The minimum Gasteiger partial charge on any atom is -0.494 e. The van der Waals surface area contributed by atoms with E-state index < -0.39 is 30.2 Å². The summed E-state index contributed by atoms with van der Waals surface area (Å²) >= 11 is 12.7. The average molecular weight is 1090 g/mol. The van der Waals surface area contributed by atoms with E-state index in [1.54, 1.807) is 66.2 Å². The number of nitrogens with one attached hydrogen (secondary N) is 4. The Labute approximate surface area is 444 Å². The van der Waals surface area contributed by atoms with Gasteiger partial charge in [-0.15, -0.1) is 0 Å². The van der Waals surface area contributed by atoms with Crippen molar-refractivity contribution in [3.05, 3.63) is 95.5 Å². The molecular weight excluding hydrogens is 1030 g/mol. The van der Waals surface area contributed by atoms with Gasteiger partial charge in [0.1, 0.15) is 21.5 Å². The summed E-state index contributed by atoms with van der Waals surface area (Å²) < 4.78 is 62.4. The van der Waals surface area contributed by atoms with Crippen molar-refractivity contribution in [3.63, 3.8) is 0 Å². The number of pyridine rings is 2.